The van der Waals surface area contributed by atoms with Crippen LogP contribution in [0.15, 0.2) is 71.2 Å². The number of urea groups is 1. The van der Waals surface area contributed by atoms with Crippen LogP contribution in [0.25, 0.3) is 22.5 Å². The van der Waals surface area contributed by atoms with Gasteiger partial charge in [-0.05, 0) is 64.0 Å². The third-order valence-electron chi connectivity index (χ3n) is 4.50. The van der Waals surface area contributed by atoms with Gasteiger partial charge in [0.25, 0.3) is 0 Å². The zero-order valence-corrected chi connectivity index (χ0v) is 17.7. The summed E-state index contributed by atoms with van der Waals surface area (Å²) >= 11 is 3.34. The summed E-state index contributed by atoms with van der Waals surface area (Å²) in [5.41, 5.74) is 1.92. The Balaban J connectivity index is 1.63. The van der Waals surface area contributed by atoms with E-state index in [0.717, 1.165) is 16.6 Å². The van der Waals surface area contributed by atoms with E-state index < -0.39 is 17.8 Å². The van der Waals surface area contributed by atoms with Crippen LogP contribution >= 0.6 is 15.9 Å². The van der Waals surface area contributed by atoms with Crippen molar-refractivity contribution in [2.75, 3.05) is 10.6 Å². The third kappa shape index (κ3) is 4.94. The summed E-state index contributed by atoms with van der Waals surface area (Å²) in [7, 11) is 0. The Morgan fingerprint density at radius 2 is 1.69 bits per heavy atom. The Bertz CT molecular complexity index is 1240. The predicted molar refractivity (Wildman–Crippen MR) is 117 cm³/mol. The molecule has 1 aromatic heterocycles. The molecule has 0 aliphatic heterocycles. The first kappa shape index (κ1) is 21.5. The van der Waals surface area contributed by atoms with Crippen LogP contribution in [0.2, 0.25) is 0 Å². The summed E-state index contributed by atoms with van der Waals surface area (Å²) in [6.07, 6.45) is -4.41. The zero-order chi connectivity index (χ0) is 22.7. The topological polar surface area (TPSA) is 95.6 Å². The average molecular weight is 503 g/mol. The molecule has 4 rings (SSSR count). The van der Waals surface area contributed by atoms with Crippen molar-refractivity contribution in [2.45, 2.75) is 6.18 Å². The largest absolute Gasteiger partial charge is 0.416 e. The first-order valence-electron chi connectivity index (χ1n) is 9.19. The third-order valence-corrected chi connectivity index (χ3v) is 4.99. The highest BCUT2D eigenvalue weighted by Crippen LogP contribution is 2.34. The maximum atomic E-state index is 12.8. The molecule has 0 radical (unpaired) electrons. The fraction of sp³-hybridized carbons (Fsp3) is 0.0476. The first-order valence-corrected chi connectivity index (χ1v) is 9.98. The smallest absolute Gasteiger partial charge is 0.308 e. The second-order valence-electron chi connectivity index (χ2n) is 6.67. The van der Waals surface area contributed by atoms with E-state index in [0.29, 0.717) is 28.1 Å². The molecule has 0 bridgehead atoms. The molecule has 1 heterocycles. The second-order valence-corrected chi connectivity index (χ2v) is 7.59. The number of halogens is 4. The van der Waals surface area contributed by atoms with Gasteiger partial charge in [0.05, 0.1) is 11.3 Å². The quantitative estimate of drug-likeness (QED) is 0.320. The lowest BCUT2D eigenvalue weighted by atomic mass is 10.00. The van der Waals surface area contributed by atoms with Gasteiger partial charge in [-0.15, -0.1) is 5.10 Å². The van der Waals surface area contributed by atoms with E-state index in [4.69, 9.17) is 0 Å². The van der Waals surface area contributed by atoms with Crippen molar-refractivity contribution in [1.29, 1.82) is 0 Å². The Kier molecular flexibility index (Phi) is 5.91. The number of carbonyl (C=O) groups is 1. The number of aromatic nitrogens is 4. The Hall–Kier alpha value is -3.73. The predicted octanol–water partition coefficient (Wildman–Crippen LogP) is 5.96. The Morgan fingerprint density at radius 3 is 2.34 bits per heavy atom. The van der Waals surface area contributed by atoms with Gasteiger partial charge in [0, 0.05) is 15.7 Å². The highest BCUT2D eigenvalue weighted by molar-refractivity contribution is 9.10. The number of nitrogens with zero attached hydrogens (tertiary/aromatic N) is 3. The second kappa shape index (κ2) is 8.79. The molecule has 162 valence electrons. The molecule has 0 spiro atoms. The molecule has 3 aromatic carbocycles. The summed E-state index contributed by atoms with van der Waals surface area (Å²) < 4.78 is 39.4. The number of tetrazole rings is 1. The lowest BCUT2D eigenvalue weighted by molar-refractivity contribution is -0.137. The fourth-order valence-corrected chi connectivity index (χ4v) is 3.40. The molecule has 0 aliphatic rings. The highest BCUT2D eigenvalue weighted by atomic mass is 79.9. The van der Waals surface area contributed by atoms with Crippen LogP contribution in [0.4, 0.5) is 29.3 Å². The number of carbonyl (C=O) groups excluding carboxylic acids is 1. The standard InChI is InChI=1S/C21H14BrF3N6O/c22-15-2-1-3-16(11-15)26-20(32)27-18-9-6-13(10-17(18)19-28-30-31-29-19)12-4-7-14(8-5-12)21(23,24)25/h1-11H,(H2,26,27,32)(H,28,29,30,31). The number of benzene rings is 3. The van der Waals surface area contributed by atoms with Gasteiger partial charge in [0.2, 0.25) is 0 Å². The number of hydrogen-bond donors (Lipinski definition) is 3. The molecule has 3 N–H and O–H groups in total. The molecule has 32 heavy (non-hydrogen) atoms. The number of anilines is 2. The molecule has 4 aromatic rings. The van der Waals surface area contributed by atoms with E-state index in [9.17, 15) is 18.0 Å². The molecule has 0 saturated carbocycles. The van der Waals surface area contributed by atoms with Crippen molar-refractivity contribution in [3.8, 4) is 22.5 Å². The molecule has 0 saturated heterocycles. The van der Waals surface area contributed by atoms with E-state index in [-0.39, 0.29) is 5.82 Å². The molecular weight excluding hydrogens is 489 g/mol. The summed E-state index contributed by atoms with van der Waals surface area (Å²) in [4.78, 5) is 12.5. The summed E-state index contributed by atoms with van der Waals surface area (Å²) in [6.45, 7) is 0. The van der Waals surface area contributed by atoms with Crippen LogP contribution in [0, 0.1) is 0 Å². The van der Waals surface area contributed by atoms with Crippen LogP contribution in [-0.2, 0) is 6.18 Å². The SMILES string of the molecule is O=C(Nc1cccc(Br)c1)Nc1ccc(-c2ccc(C(F)(F)F)cc2)cc1-c1nnn[nH]1. The number of rotatable bonds is 4. The number of aromatic amines is 1. The van der Waals surface area contributed by atoms with E-state index in [1.807, 2.05) is 6.07 Å². The van der Waals surface area contributed by atoms with E-state index >= 15 is 0 Å². The molecule has 11 heteroatoms. The summed E-state index contributed by atoms with van der Waals surface area (Å²) in [6, 6.07) is 16.4. The van der Waals surface area contributed by atoms with Crippen molar-refractivity contribution in [3.05, 3.63) is 76.8 Å². The zero-order valence-electron chi connectivity index (χ0n) is 16.1. The first-order chi connectivity index (χ1) is 15.3. The minimum atomic E-state index is -4.41. The molecule has 0 aliphatic carbocycles. The van der Waals surface area contributed by atoms with Gasteiger partial charge in [-0.1, -0.05) is 40.2 Å². The number of H-pyrrole nitrogens is 1. The van der Waals surface area contributed by atoms with E-state index in [2.05, 4.69) is 47.2 Å². The van der Waals surface area contributed by atoms with Crippen molar-refractivity contribution in [2.24, 2.45) is 0 Å². The van der Waals surface area contributed by atoms with Crippen LogP contribution < -0.4 is 10.6 Å². The maximum Gasteiger partial charge on any atom is 0.416 e. The van der Waals surface area contributed by atoms with Crippen LogP contribution in [0.5, 0.6) is 0 Å². The van der Waals surface area contributed by atoms with Gasteiger partial charge in [-0.2, -0.15) is 13.2 Å². The number of amides is 2. The molecule has 7 nitrogen and oxygen atoms in total. The summed E-state index contributed by atoms with van der Waals surface area (Å²) in [5, 5.41) is 19.1. The maximum absolute atomic E-state index is 12.8. The van der Waals surface area contributed by atoms with Crippen LogP contribution in [-0.4, -0.2) is 26.7 Å². The van der Waals surface area contributed by atoms with E-state index in [1.54, 1.807) is 36.4 Å². The fourth-order valence-electron chi connectivity index (χ4n) is 3.00. The normalized spacial score (nSPS) is 11.2. The van der Waals surface area contributed by atoms with Crippen molar-refractivity contribution < 1.29 is 18.0 Å². The van der Waals surface area contributed by atoms with Crippen molar-refractivity contribution >= 4 is 33.3 Å². The Morgan fingerprint density at radius 1 is 0.938 bits per heavy atom. The highest BCUT2D eigenvalue weighted by Gasteiger charge is 2.30. The molecular formula is C21H14BrF3N6O. The van der Waals surface area contributed by atoms with Gasteiger partial charge in [-0.3, -0.25) is 0 Å². The molecule has 0 atom stereocenters. The minimum Gasteiger partial charge on any atom is -0.308 e. The van der Waals surface area contributed by atoms with Gasteiger partial charge in [0.1, 0.15) is 0 Å². The van der Waals surface area contributed by atoms with Gasteiger partial charge in [0.15, 0.2) is 5.82 Å². The average Bonchev–Trinajstić information content (AvgIpc) is 3.28. The molecule has 0 fully saturated rings. The molecule has 0 unspecified atom stereocenters. The minimum absolute atomic E-state index is 0.288. The van der Waals surface area contributed by atoms with Crippen molar-refractivity contribution in [3.63, 3.8) is 0 Å². The summed E-state index contributed by atoms with van der Waals surface area (Å²) in [5.74, 6) is 0.288. The molecule has 2 amide bonds. The lowest BCUT2D eigenvalue weighted by Gasteiger charge is -2.13. The Labute approximate surface area is 188 Å². The lowest BCUT2D eigenvalue weighted by Crippen LogP contribution is -2.20. The number of alkyl halides is 3. The van der Waals surface area contributed by atoms with Gasteiger partial charge in [-0.25, -0.2) is 9.89 Å². The number of nitrogens with one attached hydrogen (secondary N) is 3. The monoisotopic (exact) mass is 502 g/mol. The van der Waals surface area contributed by atoms with Crippen molar-refractivity contribution in [1.82, 2.24) is 20.6 Å². The van der Waals surface area contributed by atoms with E-state index in [1.165, 1.54) is 12.1 Å². The van der Waals surface area contributed by atoms with Crippen LogP contribution in [0.1, 0.15) is 5.56 Å². The van der Waals surface area contributed by atoms with Gasteiger partial charge < -0.3 is 10.6 Å². The van der Waals surface area contributed by atoms with Crippen LogP contribution in [0.3, 0.4) is 0 Å². The number of hydrogen-bond acceptors (Lipinski definition) is 4. The van der Waals surface area contributed by atoms with Gasteiger partial charge >= 0.3 is 12.2 Å².